The van der Waals surface area contributed by atoms with Crippen LogP contribution in [0.2, 0.25) is 0 Å². The fraction of sp³-hybridized carbons (Fsp3) is 0.379. The summed E-state index contributed by atoms with van der Waals surface area (Å²) >= 11 is 0. The van der Waals surface area contributed by atoms with Gasteiger partial charge in [-0.25, -0.2) is 17.6 Å². The molecule has 0 aliphatic heterocycles. The largest absolute Gasteiger partial charge is 0.491 e. The molecule has 1 aliphatic carbocycles. The van der Waals surface area contributed by atoms with Gasteiger partial charge in [-0.15, -0.1) is 0 Å². The second-order valence-corrected chi connectivity index (χ2v) is 9.33. The smallest absolute Gasteiger partial charge is 0.201 e. The van der Waals surface area contributed by atoms with Crippen molar-refractivity contribution in [3.05, 3.63) is 88.2 Å². The van der Waals surface area contributed by atoms with Crippen LogP contribution in [0.3, 0.4) is 0 Å². The highest BCUT2D eigenvalue weighted by Gasteiger charge is 2.26. The Labute approximate surface area is 202 Å². The fourth-order valence-corrected chi connectivity index (χ4v) is 5.04. The number of hydrogen-bond donors (Lipinski definition) is 0. The van der Waals surface area contributed by atoms with Crippen molar-refractivity contribution in [1.82, 2.24) is 0 Å². The predicted octanol–water partition coefficient (Wildman–Crippen LogP) is 8.66. The number of hydrogen-bond acceptors (Lipinski definition) is 1. The Bertz CT molecular complexity index is 1200. The summed E-state index contributed by atoms with van der Waals surface area (Å²) in [6.07, 6.45) is 4.59. The van der Waals surface area contributed by atoms with Crippen molar-refractivity contribution in [2.45, 2.75) is 58.3 Å². The average molecular weight is 489 g/mol. The van der Waals surface area contributed by atoms with Gasteiger partial charge in [-0.05, 0) is 105 Å². The molecule has 1 fully saturated rings. The zero-order valence-electron chi connectivity index (χ0n) is 19.9. The van der Waals surface area contributed by atoms with Gasteiger partial charge >= 0.3 is 0 Å². The van der Waals surface area contributed by atoms with Crippen LogP contribution in [0, 0.1) is 41.9 Å². The Morgan fingerprint density at radius 3 is 2.23 bits per heavy atom. The van der Waals surface area contributed by atoms with Crippen LogP contribution in [0.1, 0.15) is 61.6 Å². The Kier molecular flexibility index (Phi) is 7.78. The molecule has 186 valence electrons. The van der Waals surface area contributed by atoms with Crippen LogP contribution >= 0.6 is 0 Å². The lowest BCUT2D eigenvalue weighted by Gasteiger charge is -2.29. The summed E-state index contributed by atoms with van der Waals surface area (Å²) in [5.74, 6) is -3.90. The summed E-state index contributed by atoms with van der Waals surface area (Å²) in [5.41, 5.74) is 1.52. The maximum atomic E-state index is 14.8. The molecule has 0 saturated heterocycles. The van der Waals surface area contributed by atoms with Gasteiger partial charge in [0.2, 0.25) is 5.82 Å². The Balaban J connectivity index is 1.37. The number of rotatable bonds is 7. The monoisotopic (exact) mass is 488 g/mol. The molecule has 0 aromatic heterocycles. The summed E-state index contributed by atoms with van der Waals surface area (Å²) in [5, 5.41) is 0. The van der Waals surface area contributed by atoms with Gasteiger partial charge in [0, 0.05) is 5.56 Å². The van der Waals surface area contributed by atoms with Crippen LogP contribution in [0.25, 0.3) is 11.1 Å². The van der Waals surface area contributed by atoms with Gasteiger partial charge < -0.3 is 4.74 Å². The quantitative estimate of drug-likeness (QED) is 0.302. The minimum absolute atomic E-state index is 0.00164. The first-order valence-electron chi connectivity index (χ1n) is 12.1. The molecule has 0 unspecified atom stereocenters. The molecule has 0 amide bonds. The molecular weight excluding hydrogens is 459 g/mol. The molecule has 0 bridgehead atoms. The van der Waals surface area contributed by atoms with E-state index in [1.165, 1.54) is 18.2 Å². The third-order valence-corrected chi connectivity index (χ3v) is 7.12. The first-order chi connectivity index (χ1) is 16.8. The molecule has 1 nitrogen and oxygen atoms in total. The van der Waals surface area contributed by atoms with Gasteiger partial charge in [0.1, 0.15) is 5.82 Å². The van der Waals surface area contributed by atoms with Crippen LogP contribution in [-0.4, -0.2) is 6.61 Å². The van der Waals surface area contributed by atoms with Crippen molar-refractivity contribution in [3.8, 4) is 16.9 Å². The highest BCUT2D eigenvalue weighted by molar-refractivity contribution is 5.65. The Morgan fingerprint density at radius 1 is 0.800 bits per heavy atom. The van der Waals surface area contributed by atoms with E-state index < -0.39 is 29.1 Å². The SMILES string of the molecule is CCOc1ccc(-c2ccc(CCC3CCC(c4ccc(C)c(F)c4F)CC3)c(F)c2)c(F)c1F. The lowest BCUT2D eigenvalue weighted by Crippen LogP contribution is -2.15. The first kappa shape index (κ1) is 25.2. The molecule has 3 aromatic carbocycles. The van der Waals surface area contributed by atoms with Gasteiger partial charge in [-0.2, -0.15) is 4.39 Å². The summed E-state index contributed by atoms with van der Waals surface area (Å²) in [6, 6.07) is 10.5. The maximum absolute atomic E-state index is 14.8. The van der Waals surface area contributed by atoms with Crippen LogP contribution in [-0.2, 0) is 6.42 Å². The third kappa shape index (κ3) is 5.36. The predicted molar refractivity (Wildman–Crippen MR) is 127 cm³/mol. The molecule has 3 aromatic rings. The Morgan fingerprint density at radius 2 is 1.54 bits per heavy atom. The summed E-state index contributed by atoms with van der Waals surface area (Å²) in [4.78, 5) is 0. The molecule has 0 heterocycles. The van der Waals surface area contributed by atoms with E-state index in [1.807, 2.05) is 0 Å². The third-order valence-electron chi connectivity index (χ3n) is 7.12. The van der Waals surface area contributed by atoms with E-state index >= 15 is 0 Å². The van der Waals surface area contributed by atoms with Crippen molar-refractivity contribution in [1.29, 1.82) is 0 Å². The summed E-state index contributed by atoms with van der Waals surface area (Å²) in [7, 11) is 0. The van der Waals surface area contributed by atoms with Crippen molar-refractivity contribution >= 4 is 0 Å². The topological polar surface area (TPSA) is 9.23 Å². The van der Waals surface area contributed by atoms with Gasteiger partial charge in [-0.3, -0.25) is 0 Å². The van der Waals surface area contributed by atoms with Crippen LogP contribution in [0.15, 0.2) is 42.5 Å². The molecule has 4 rings (SSSR count). The van der Waals surface area contributed by atoms with E-state index in [4.69, 9.17) is 4.74 Å². The number of halogens is 5. The normalized spacial score (nSPS) is 18.0. The highest BCUT2D eigenvalue weighted by atomic mass is 19.2. The van der Waals surface area contributed by atoms with Gasteiger partial charge in [-0.1, -0.05) is 24.3 Å². The standard InChI is InChI=1S/C29H29F5O/c1-3-35-25-15-14-23(28(33)29(25)34)21-12-11-20(24(30)16-21)10-7-18-5-8-19(9-6-18)22-13-4-17(2)26(31)27(22)32/h4,11-16,18-19H,3,5-10H2,1-2H3. The minimum Gasteiger partial charge on any atom is -0.491 e. The van der Waals surface area contributed by atoms with Gasteiger partial charge in [0.05, 0.1) is 6.61 Å². The molecule has 6 heteroatoms. The number of benzene rings is 3. The molecular formula is C29H29F5O. The van der Waals surface area contributed by atoms with E-state index in [0.29, 0.717) is 29.0 Å². The fourth-order valence-electron chi connectivity index (χ4n) is 5.04. The molecule has 0 atom stereocenters. The van der Waals surface area contributed by atoms with Crippen LogP contribution in [0.4, 0.5) is 22.0 Å². The molecule has 1 saturated carbocycles. The van der Waals surface area contributed by atoms with Crippen molar-refractivity contribution in [2.75, 3.05) is 6.61 Å². The van der Waals surface area contributed by atoms with E-state index in [1.54, 1.807) is 38.1 Å². The zero-order valence-corrected chi connectivity index (χ0v) is 19.9. The minimum atomic E-state index is -1.09. The van der Waals surface area contributed by atoms with Gasteiger partial charge in [0.25, 0.3) is 0 Å². The molecule has 1 aliphatic rings. The maximum Gasteiger partial charge on any atom is 0.201 e. The van der Waals surface area contributed by atoms with E-state index in [-0.39, 0.29) is 29.4 Å². The summed E-state index contributed by atoms with van der Waals surface area (Å²) in [6.45, 7) is 3.44. The number of aryl methyl sites for hydroxylation is 2. The van der Waals surface area contributed by atoms with Crippen LogP contribution in [0.5, 0.6) is 5.75 Å². The molecule has 0 spiro atoms. The molecule has 35 heavy (non-hydrogen) atoms. The highest BCUT2D eigenvalue weighted by Crippen LogP contribution is 2.39. The molecule has 0 radical (unpaired) electrons. The van der Waals surface area contributed by atoms with E-state index in [9.17, 15) is 22.0 Å². The Hall–Kier alpha value is -2.89. The lowest BCUT2D eigenvalue weighted by atomic mass is 9.76. The first-order valence-corrected chi connectivity index (χ1v) is 12.1. The van der Waals surface area contributed by atoms with Crippen LogP contribution < -0.4 is 4.74 Å². The average Bonchev–Trinajstić information content (AvgIpc) is 2.85. The zero-order chi connectivity index (χ0) is 25.1. The van der Waals surface area contributed by atoms with Crippen molar-refractivity contribution in [3.63, 3.8) is 0 Å². The van der Waals surface area contributed by atoms with E-state index in [2.05, 4.69) is 0 Å². The second kappa shape index (κ2) is 10.8. The summed E-state index contributed by atoms with van der Waals surface area (Å²) < 4.78 is 76.9. The van der Waals surface area contributed by atoms with Gasteiger partial charge in [0.15, 0.2) is 23.2 Å². The second-order valence-electron chi connectivity index (χ2n) is 9.33. The molecule has 0 N–H and O–H groups in total. The van der Waals surface area contributed by atoms with Crippen molar-refractivity contribution < 1.29 is 26.7 Å². The van der Waals surface area contributed by atoms with E-state index in [0.717, 1.165) is 32.1 Å². The van der Waals surface area contributed by atoms with Crippen molar-refractivity contribution in [2.24, 2.45) is 5.92 Å². The lowest BCUT2D eigenvalue weighted by molar-refractivity contribution is 0.304. The number of ether oxygens (including phenoxy) is 1.